The first-order chi connectivity index (χ1) is 13.5. The number of amides is 1. The topological polar surface area (TPSA) is 57.6 Å². The van der Waals surface area contributed by atoms with E-state index in [1.807, 2.05) is 55.6 Å². The molecule has 4 nitrogen and oxygen atoms in total. The number of carbonyl (C=O) groups is 2. The van der Waals surface area contributed by atoms with Crippen LogP contribution in [-0.2, 0) is 9.59 Å². The van der Waals surface area contributed by atoms with Crippen LogP contribution < -0.4 is 4.90 Å². The van der Waals surface area contributed by atoms with E-state index in [1.54, 1.807) is 24.3 Å². The molecule has 2 heterocycles. The maximum Gasteiger partial charge on any atom is 0.300 e. The largest absolute Gasteiger partial charge is 0.507 e. The zero-order valence-electron chi connectivity index (χ0n) is 15.5. The number of aryl methyl sites for hydroxylation is 2. The lowest BCUT2D eigenvalue weighted by Crippen LogP contribution is -2.29. The van der Waals surface area contributed by atoms with Crippen LogP contribution in [0.5, 0.6) is 0 Å². The van der Waals surface area contributed by atoms with E-state index in [0.717, 1.165) is 16.0 Å². The van der Waals surface area contributed by atoms with E-state index in [2.05, 4.69) is 0 Å². The highest BCUT2D eigenvalue weighted by atomic mass is 32.1. The van der Waals surface area contributed by atoms with Crippen molar-refractivity contribution in [3.8, 4) is 0 Å². The number of aliphatic hydroxyl groups excluding tert-OH is 1. The highest BCUT2D eigenvalue weighted by Crippen LogP contribution is 2.44. The zero-order valence-corrected chi connectivity index (χ0v) is 16.4. The van der Waals surface area contributed by atoms with Gasteiger partial charge in [0, 0.05) is 16.1 Å². The molecule has 1 fully saturated rings. The molecule has 0 aliphatic carbocycles. The minimum atomic E-state index is -0.667. The number of nitrogens with zero attached hydrogens (tertiary/aromatic N) is 1. The van der Waals surface area contributed by atoms with Gasteiger partial charge in [0.2, 0.25) is 0 Å². The first-order valence-electron chi connectivity index (χ1n) is 8.96. The lowest BCUT2D eigenvalue weighted by Gasteiger charge is -2.25. The number of carbonyl (C=O) groups excluding carboxylic acids is 2. The van der Waals surface area contributed by atoms with Crippen LogP contribution in [0.15, 0.2) is 71.6 Å². The normalized spacial score (nSPS) is 18.6. The van der Waals surface area contributed by atoms with Crippen LogP contribution in [0.4, 0.5) is 5.69 Å². The van der Waals surface area contributed by atoms with Crippen molar-refractivity contribution in [3.63, 3.8) is 0 Å². The Bertz CT molecular complexity index is 1080. The molecule has 1 saturated heterocycles. The molecule has 1 amide bonds. The molecule has 0 bridgehead atoms. The van der Waals surface area contributed by atoms with E-state index in [-0.39, 0.29) is 11.3 Å². The predicted octanol–water partition coefficient (Wildman–Crippen LogP) is 4.99. The van der Waals surface area contributed by atoms with Gasteiger partial charge in [-0.25, -0.2) is 0 Å². The smallest absolute Gasteiger partial charge is 0.300 e. The molecule has 140 valence electrons. The molecule has 0 radical (unpaired) electrons. The summed E-state index contributed by atoms with van der Waals surface area (Å²) in [6.07, 6.45) is 0. The maximum absolute atomic E-state index is 13.0. The summed E-state index contributed by atoms with van der Waals surface area (Å²) in [4.78, 5) is 28.3. The van der Waals surface area contributed by atoms with Crippen LogP contribution >= 0.6 is 11.3 Å². The van der Waals surface area contributed by atoms with Gasteiger partial charge in [-0.05, 0) is 43.0 Å². The minimum absolute atomic E-state index is 0.128. The summed E-state index contributed by atoms with van der Waals surface area (Å²) in [6.45, 7) is 3.90. The number of rotatable bonds is 3. The third kappa shape index (κ3) is 2.94. The summed E-state index contributed by atoms with van der Waals surface area (Å²) < 4.78 is 0. The Labute approximate surface area is 167 Å². The van der Waals surface area contributed by atoms with Crippen molar-refractivity contribution >= 4 is 34.5 Å². The highest BCUT2D eigenvalue weighted by Gasteiger charge is 2.47. The zero-order chi connectivity index (χ0) is 19.8. The molecule has 1 aromatic heterocycles. The first kappa shape index (κ1) is 18.2. The van der Waals surface area contributed by atoms with Gasteiger partial charge >= 0.3 is 0 Å². The molecule has 28 heavy (non-hydrogen) atoms. The van der Waals surface area contributed by atoms with Crippen molar-refractivity contribution < 1.29 is 14.7 Å². The Balaban J connectivity index is 1.95. The predicted molar refractivity (Wildman–Crippen MR) is 111 cm³/mol. The third-order valence-electron chi connectivity index (χ3n) is 4.95. The highest BCUT2D eigenvalue weighted by molar-refractivity contribution is 7.10. The standard InChI is InChI=1S/C23H19NO3S/c1-14-8-10-16(11-9-14)20(25)18-19(22-15(2)12-13-28-22)24(23(27)21(18)26)17-6-4-3-5-7-17/h3-13,19,25H,1-2H3/b20-18-. The van der Waals surface area contributed by atoms with Gasteiger partial charge in [0.15, 0.2) is 0 Å². The van der Waals surface area contributed by atoms with E-state index in [4.69, 9.17) is 0 Å². The summed E-state index contributed by atoms with van der Waals surface area (Å²) in [5.74, 6) is -1.44. The number of hydrogen-bond donors (Lipinski definition) is 1. The number of aliphatic hydroxyl groups is 1. The summed E-state index contributed by atoms with van der Waals surface area (Å²) in [7, 11) is 0. The summed E-state index contributed by atoms with van der Waals surface area (Å²) in [5, 5.41) is 12.9. The van der Waals surface area contributed by atoms with Crippen LogP contribution in [-0.4, -0.2) is 16.8 Å². The van der Waals surface area contributed by atoms with E-state index in [0.29, 0.717) is 11.3 Å². The summed E-state index contributed by atoms with van der Waals surface area (Å²) in [6, 6.07) is 17.7. The molecule has 0 spiro atoms. The Morgan fingerprint density at radius 2 is 1.64 bits per heavy atom. The van der Waals surface area contributed by atoms with Crippen molar-refractivity contribution in [2.75, 3.05) is 4.90 Å². The Hall–Kier alpha value is -3.18. The average Bonchev–Trinajstić information content (AvgIpc) is 3.23. The van der Waals surface area contributed by atoms with Crippen LogP contribution in [0.25, 0.3) is 5.76 Å². The fourth-order valence-corrected chi connectivity index (χ4v) is 4.49. The van der Waals surface area contributed by atoms with Crippen molar-refractivity contribution in [2.45, 2.75) is 19.9 Å². The third-order valence-corrected chi connectivity index (χ3v) is 6.03. The summed E-state index contributed by atoms with van der Waals surface area (Å²) in [5.41, 5.74) is 3.31. The average molecular weight is 389 g/mol. The molecule has 3 aromatic rings. The van der Waals surface area contributed by atoms with E-state index < -0.39 is 17.7 Å². The quantitative estimate of drug-likeness (QED) is 0.390. The number of hydrogen-bond acceptors (Lipinski definition) is 4. The number of anilines is 1. The minimum Gasteiger partial charge on any atom is -0.507 e. The number of Topliss-reactive ketones (excluding diaryl/α,β-unsaturated/α-hetero) is 1. The van der Waals surface area contributed by atoms with Gasteiger partial charge in [-0.3, -0.25) is 14.5 Å². The maximum atomic E-state index is 13.0. The van der Waals surface area contributed by atoms with Crippen molar-refractivity contribution in [3.05, 3.63) is 93.2 Å². The molecule has 4 rings (SSSR count). The Kier molecular flexibility index (Phi) is 4.61. The summed E-state index contributed by atoms with van der Waals surface area (Å²) >= 11 is 1.48. The van der Waals surface area contributed by atoms with Gasteiger partial charge < -0.3 is 5.11 Å². The second-order valence-electron chi connectivity index (χ2n) is 6.84. The monoisotopic (exact) mass is 389 g/mol. The molecule has 2 aromatic carbocycles. The fourth-order valence-electron chi connectivity index (χ4n) is 3.47. The molecule has 1 atom stereocenters. The van der Waals surface area contributed by atoms with E-state index in [1.165, 1.54) is 16.2 Å². The van der Waals surface area contributed by atoms with E-state index in [9.17, 15) is 14.7 Å². The fraction of sp³-hybridized carbons (Fsp3) is 0.130. The SMILES string of the molecule is Cc1ccc(/C(O)=C2/C(=O)C(=O)N(c3ccccc3)C2c2sccc2C)cc1. The van der Waals surface area contributed by atoms with Gasteiger partial charge in [-0.15, -0.1) is 11.3 Å². The van der Waals surface area contributed by atoms with Crippen LogP contribution in [0, 0.1) is 13.8 Å². The van der Waals surface area contributed by atoms with Crippen molar-refractivity contribution in [1.82, 2.24) is 0 Å². The van der Waals surface area contributed by atoms with Crippen molar-refractivity contribution in [2.24, 2.45) is 0 Å². The molecule has 5 heteroatoms. The lowest BCUT2D eigenvalue weighted by atomic mass is 9.98. The second-order valence-corrected chi connectivity index (χ2v) is 7.79. The number of benzene rings is 2. The molecule has 1 N–H and O–H groups in total. The van der Waals surface area contributed by atoms with Crippen LogP contribution in [0.2, 0.25) is 0 Å². The van der Waals surface area contributed by atoms with Crippen LogP contribution in [0.1, 0.15) is 27.6 Å². The van der Waals surface area contributed by atoms with Gasteiger partial charge in [-0.1, -0.05) is 48.0 Å². The Morgan fingerprint density at radius 3 is 2.25 bits per heavy atom. The van der Waals surface area contributed by atoms with Gasteiger partial charge in [0.1, 0.15) is 11.8 Å². The van der Waals surface area contributed by atoms with Gasteiger partial charge in [-0.2, -0.15) is 0 Å². The molecular formula is C23H19NO3S. The first-order valence-corrected chi connectivity index (χ1v) is 9.84. The molecule has 1 unspecified atom stereocenters. The van der Waals surface area contributed by atoms with E-state index >= 15 is 0 Å². The number of ketones is 1. The van der Waals surface area contributed by atoms with Crippen molar-refractivity contribution in [1.29, 1.82) is 0 Å². The molecule has 0 saturated carbocycles. The number of para-hydroxylation sites is 1. The number of thiophene rings is 1. The molecular weight excluding hydrogens is 370 g/mol. The van der Waals surface area contributed by atoms with Gasteiger partial charge in [0.05, 0.1) is 5.57 Å². The van der Waals surface area contributed by atoms with Gasteiger partial charge in [0.25, 0.3) is 11.7 Å². The second kappa shape index (κ2) is 7.09. The Morgan fingerprint density at radius 1 is 0.964 bits per heavy atom. The molecule has 1 aliphatic rings. The lowest BCUT2D eigenvalue weighted by molar-refractivity contribution is -0.132. The molecule has 1 aliphatic heterocycles. The van der Waals surface area contributed by atoms with Crippen LogP contribution in [0.3, 0.4) is 0 Å².